The van der Waals surface area contributed by atoms with E-state index in [2.05, 4.69) is 24.5 Å². The Balaban J connectivity index is 2.78. The Morgan fingerprint density at radius 2 is 2.06 bits per heavy atom. The zero-order valence-corrected chi connectivity index (χ0v) is 11.6. The maximum absolute atomic E-state index is 6.12. The molecule has 3 nitrogen and oxygen atoms in total. The Morgan fingerprint density at radius 1 is 1.35 bits per heavy atom. The van der Waals surface area contributed by atoms with Crippen molar-refractivity contribution in [1.82, 2.24) is 10.6 Å². The molecule has 0 aliphatic rings. The van der Waals surface area contributed by atoms with Crippen LogP contribution in [0.3, 0.4) is 0 Å². The molecule has 0 aliphatic carbocycles. The van der Waals surface area contributed by atoms with Crippen molar-refractivity contribution in [3.63, 3.8) is 0 Å². The molecule has 1 atom stereocenters. The number of hydrogen-bond donors (Lipinski definition) is 2. The molecule has 0 radical (unpaired) electrons. The molecule has 1 aromatic carbocycles. The lowest BCUT2D eigenvalue weighted by Crippen LogP contribution is -2.33. The normalized spacial score (nSPS) is 12.8. The highest BCUT2D eigenvalue weighted by Gasteiger charge is 2.11. The molecule has 2 N–H and O–H groups in total. The van der Waals surface area contributed by atoms with E-state index in [9.17, 15) is 0 Å². The summed E-state index contributed by atoms with van der Waals surface area (Å²) in [5.41, 5.74) is 1.16. The van der Waals surface area contributed by atoms with Gasteiger partial charge in [0.1, 0.15) is 5.75 Å². The predicted octanol–water partition coefficient (Wildman–Crippen LogP) is 2.61. The number of likely N-dealkylation sites (N-methyl/N-ethyl adjacent to an activating group) is 1. The van der Waals surface area contributed by atoms with Gasteiger partial charge in [0.15, 0.2) is 0 Å². The van der Waals surface area contributed by atoms with Crippen molar-refractivity contribution >= 4 is 11.6 Å². The van der Waals surface area contributed by atoms with Crippen molar-refractivity contribution in [2.75, 3.05) is 20.7 Å². The van der Waals surface area contributed by atoms with E-state index in [4.69, 9.17) is 16.3 Å². The van der Waals surface area contributed by atoms with Crippen molar-refractivity contribution in [2.45, 2.75) is 25.9 Å². The van der Waals surface area contributed by atoms with Crippen LogP contribution in [-0.2, 0) is 0 Å². The summed E-state index contributed by atoms with van der Waals surface area (Å²) in [4.78, 5) is 0. The Kier molecular flexibility index (Phi) is 5.75. The fraction of sp³-hybridized carbons (Fsp3) is 0.538. The third-order valence-corrected chi connectivity index (χ3v) is 2.95. The van der Waals surface area contributed by atoms with E-state index in [1.165, 1.54) is 0 Å². The quantitative estimate of drug-likeness (QED) is 0.821. The third-order valence-electron chi connectivity index (χ3n) is 2.66. The summed E-state index contributed by atoms with van der Waals surface area (Å²) in [7, 11) is 3.57. The standard InChI is InChI=1S/C13H21ClN2O/c1-9(2)16-8-12(15-3)10-5-6-13(17-4)11(14)7-10/h5-7,9,12,15-16H,8H2,1-4H3. The first kappa shape index (κ1) is 14.3. The molecule has 0 saturated heterocycles. The number of methoxy groups -OCH3 is 1. The molecule has 0 bridgehead atoms. The van der Waals surface area contributed by atoms with Gasteiger partial charge in [0.05, 0.1) is 12.1 Å². The molecule has 0 aliphatic heterocycles. The van der Waals surface area contributed by atoms with Crippen molar-refractivity contribution in [1.29, 1.82) is 0 Å². The van der Waals surface area contributed by atoms with Gasteiger partial charge in [0.2, 0.25) is 0 Å². The average Bonchev–Trinajstić information content (AvgIpc) is 2.29. The van der Waals surface area contributed by atoms with E-state index >= 15 is 0 Å². The van der Waals surface area contributed by atoms with Crippen LogP contribution in [0.4, 0.5) is 0 Å². The highest BCUT2D eigenvalue weighted by atomic mass is 35.5. The second-order valence-electron chi connectivity index (χ2n) is 4.30. The van der Waals surface area contributed by atoms with Crippen LogP contribution in [0.2, 0.25) is 5.02 Å². The van der Waals surface area contributed by atoms with Crippen molar-refractivity contribution < 1.29 is 4.74 Å². The van der Waals surface area contributed by atoms with Crippen LogP contribution in [0, 0.1) is 0 Å². The number of rotatable bonds is 6. The summed E-state index contributed by atoms with van der Waals surface area (Å²) in [6, 6.07) is 6.61. The zero-order chi connectivity index (χ0) is 12.8. The van der Waals surface area contributed by atoms with Gasteiger partial charge >= 0.3 is 0 Å². The number of benzene rings is 1. The molecule has 96 valence electrons. The van der Waals surface area contributed by atoms with Crippen molar-refractivity contribution in [2.24, 2.45) is 0 Å². The lowest BCUT2D eigenvalue weighted by Gasteiger charge is -2.19. The first-order valence-corrected chi connectivity index (χ1v) is 6.20. The van der Waals surface area contributed by atoms with Gasteiger partial charge < -0.3 is 15.4 Å². The molecule has 1 aromatic rings. The van der Waals surface area contributed by atoms with Gasteiger partial charge in [-0.1, -0.05) is 31.5 Å². The van der Waals surface area contributed by atoms with Gasteiger partial charge in [-0.15, -0.1) is 0 Å². The first-order valence-electron chi connectivity index (χ1n) is 5.82. The largest absolute Gasteiger partial charge is 0.495 e. The molecule has 0 saturated carbocycles. The molecule has 0 spiro atoms. The average molecular weight is 257 g/mol. The van der Waals surface area contributed by atoms with Crippen LogP contribution >= 0.6 is 11.6 Å². The minimum atomic E-state index is 0.251. The van der Waals surface area contributed by atoms with Crippen molar-refractivity contribution in [3.05, 3.63) is 28.8 Å². The van der Waals surface area contributed by atoms with Gasteiger partial charge in [-0.3, -0.25) is 0 Å². The van der Waals surface area contributed by atoms with Gasteiger partial charge in [0, 0.05) is 18.6 Å². The predicted molar refractivity (Wildman–Crippen MR) is 72.9 cm³/mol. The van der Waals surface area contributed by atoms with Crippen LogP contribution < -0.4 is 15.4 Å². The van der Waals surface area contributed by atoms with E-state index in [0.717, 1.165) is 12.1 Å². The zero-order valence-electron chi connectivity index (χ0n) is 10.9. The second kappa shape index (κ2) is 6.84. The fourth-order valence-corrected chi connectivity index (χ4v) is 1.91. The molecule has 17 heavy (non-hydrogen) atoms. The summed E-state index contributed by atoms with van der Waals surface area (Å²) < 4.78 is 5.14. The molecule has 0 amide bonds. The molecule has 0 aromatic heterocycles. The number of ether oxygens (including phenoxy) is 1. The third kappa shape index (κ3) is 4.19. The summed E-state index contributed by atoms with van der Waals surface area (Å²) >= 11 is 6.12. The maximum Gasteiger partial charge on any atom is 0.137 e. The Bertz CT molecular complexity index is 355. The number of hydrogen-bond acceptors (Lipinski definition) is 3. The lowest BCUT2D eigenvalue weighted by molar-refractivity contribution is 0.414. The van der Waals surface area contributed by atoms with E-state index in [1.807, 2.05) is 25.2 Å². The summed E-state index contributed by atoms with van der Waals surface area (Å²) in [5, 5.41) is 7.33. The number of nitrogens with one attached hydrogen (secondary N) is 2. The Morgan fingerprint density at radius 3 is 2.53 bits per heavy atom. The van der Waals surface area contributed by atoms with Crippen LogP contribution in [0.25, 0.3) is 0 Å². The lowest BCUT2D eigenvalue weighted by atomic mass is 10.1. The van der Waals surface area contributed by atoms with Gasteiger partial charge in [-0.25, -0.2) is 0 Å². The monoisotopic (exact) mass is 256 g/mol. The highest BCUT2D eigenvalue weighted by molar-refractivity contribution is 6.32. The molecule has 4 heteroatoms. The van der Waals surface area contributed by atoms with Crippen molar-refractivity contribution in [3.8, 4) is 5.75 Å². The first-order chi connectivity index (χ1) is 8.08. The molecule has 1 unspecified atom stereocenters. The van der Waals surface area contributed by atoms with Gasteiger partial charge in [-0.05, 0) is 24.7 Å². The van der Waals surface area contributed by atoms with Crippen LogP contribution in [0.1, 0.15) is 25.5 Å². The van der Waals surface area contributed by atoms with Crippen LogP contribution in [0.5, 0.6) is 5.75 Å². The smallest absolute Gasteiger partial charge is 0.137 e. The maximum atomic E-state index is 6.12. The van der Waals surface area contributed by atoms with Crippen LogP contribution in [0.15, 0.2) is 18.2 Å². The minimum Gasteiger partial charge on any atom is -0.495 e. The Hall–Kier alpha value is -0.770. The van der Waals surface area contributed by atoms with Gasteiger partial charge in [0.25, 0.3) is 0 Å². The highest BCUT2D eigenvalue weighted by Crippen LogP contribution is 2.27. The molecular weight excluding hydrogens is 236 g/mol. The van der Waals surface area contributed by atoms with Gasteiger partial charge in [-0.2, -0.15) is 0 Å². The van der Waals surface area contributed by atoms with E-state index in [0.29, 0.717) is 16.8 Å². The molecular formula is C13H21ClN2O. The van der Waals surface area contributed by atoms with E-state index in [-0.39, 0.29) is 6.04 Å². The summed E-state index contributed by atoms with van der Waals surface area (Å²) in [5.74, 6) is 0.710. The topological polar surface area (TPSA) is 33.3 Å². The Labute approximate surface area is 109 Å². The minimum absolute atomic E-state index is 0.251. The van der Waals surface area contributed by atoms with E-state index < -0.39 is 0 Å². The van der Waals surface area contributed by atoms with Crippen LogP contribution in [-0.4, -0.2) is 26.7 Å². The number of halogens is 1. The SMILES string of the molecule is CNC(CNC(C)C)c1ccc(OC)c(Cl)c1. The molecule has 0 fully saturated rings. The summed E-state index contributed by atoms with van der Waals surface area (Å²) in [6.07, 6.45) is 0. The second-order valence-corrected chi connectivity index (χ2v) is 4.71. The van der Waals surface area contributed by atoms with E-state index in [1.54, 1.807) is 7.11 Å². The fourth-order valence-electron chi connectivity index (χ4n) is 1.64. The summed E-state index contributed by atoms with van der Waals surface area (Å²) in [6.45, 7) is 5.14. The molecule has 1 rings (SSSR count). The molecule has 0 heterocycles.